The van der Waals surface area contributed by atoms with Crippen molar-refractivity contribution < 1.29 is 0 Å². The maximum atomic E-state index is 4.08. The van der Waals surface area contributed by atoms with Crippen LogP contribution < -0.4 is 0 Å². The predicted octanol–water partition coefficient (Wildman–Crippen LogP) is 3.70. The Kier molecular flexibility index (Phi) is 2.92. The molecule has 1 aliphatic carbocycles. The van der Waals surface area contributed by atoms with Crippen molar-refractivity contribution in [1.29, 1.82) is 0 Å². The van der Waals surface area contributed by atoms with Gasteiger partial charge >= 0.3 is 0 Å². The van der Waals surface area contributed by atoms with Crippen molar-refractivity contribution in [3.8, 4) is 0 Å². The third-order valence-electron chi connectivity index (χ3n) is 2.16. The van der Waals surface area contributed by atoms with Crippen LogP contribution in [0.4, 0.5) is 0 Å². The third-order valence-corrected chi connectivity index (χ3v) is 2.16. The van der Waals surface area contributed by atoms with E-state index in [0.717, 1.165) is 0 Å². The van der Waals surface area contributed by atoms with Gasteiger partial charge in [0.1, 0.15) is 0 Å². The van der Waals surface area contributed by atoms with Crippen molar-refractivity contribution in [3.63, 3.8) is 0 Å². The molecule has 0 heterocycles. The second-order valence-corrected chi connectivity index (χ2v) is 3.75. The van der Waals surface area contributed by atoms with Crippen LogP contribution in [0.3, 0.4) is 0 Å². The lowest BCUT2D eigenvalue weighted by atomic mass is 9.89. The first-order valence-corrected chi connectivity index (χ1v) is 4.59. The smallest absolute Gasteiger partial charge is 0.0279 e. The van der Waals surface area contributed by atoms with E-state index in [4.69, 9.17) is 0 Å². The summed E-state index contributed by atoms with van der Waals surface area (Å²) < 4.78 is 0. The van der Waals surface area contributed by atoms with E-state index in [1.807, 2.05) is 0 Å². The molecule has 0 bridgehead atoms. The van der Waals surface area contributed by atoms with Gasteiger partial charge in [0.2, 0.25) is 0 Å². The van der Waals surface area contributed by atoms with Gasteiger partial charge in [0.05, 0.1) is 0 Å². The van der Waals surface area contributed by atoms with Gasteiger partial charge in [-0.1, -0.05) is 32.1 Å². The Labute approximate surface area is 70.0 Å². The normalized spacial score (nSPS) is 23.2. The fourth-order valence-corrected chi connectivity index (χ4v) is 1.59. The highest BCUT2D eigenvalue weighted by atomic mass is 14.1. The molecular formula is C11H18. The Hall–Kier alpha value is -0.520. The summed E-state index contributed by atoms with van der Waals surface area (Å²) in [4.78, 5) is 0. The van der Waals surface area contributed by atoms with Crippen LogP contribution in [-0.4, -0.2) is 0 Å². The number of hydrogen-bond donors (Lipinski definition) is 0. The Morgan fingerprint density at radius 3 is 2.45 bits per heavy atom. The summed E-state index contributed by atoms with van der Waals surface area (Å²) in [6.45, 7) is 8.54. The van der Waals surface area contributed by atoms with Gasteiger partial charge in [-0.05, 0) is 37.2 Å². The first kappa shape index (κ1) is 8.58. The molecule has 62 valence electrons. The zero-order valence-corrected chi connectivity index (χ0v) is 7.69. The zero-order valence-electron chi connectivity index (χ0n) is 7.69. The summed E-state index contributed by atoms with van der Waals surface area (Å²) in [5, 5.41) is 0. The molecule has 1 saturated carbocycles. The lowest BCUT2D eigenvalue weighted by Crippen LogP contribution is -1.98. The molecular weight excluding hydrogens is 132 g/mol. The van der Waals surface area contributed by atoms with Crippen molar-refractivity contribution in [2.24, 2.45) is 5.92 Å². The molecule has 0 heteroatoms. The number of hydrogen-bond acceptors (Lipinski definition) is 0. The average molecular weight is 150 g/mol. The molecule has 0 nitrogen and oxygen atoms in total. The first-order chi connectivity index (χ1) is 5.20. The van der Waals surface area contributed by atoms with Crippen LogP contribution in [0.5, 0.6) is 0 Å². The van der Waals surface area contributed by atoms with Gasteiger partial charge < -0.3 is 0 Å². The van der Waals surface area contributed by atoms with Gasteiger partial charge in [0.15, 0.2) is 0 Å². The van der Waals surface area contributed by atoms with E-state index in [2.05, 4.69) is 26.5 Å². The molecule has 0 atom stereocenters. The third kappa shape index (κ3) is 2.53. The van der Waals surface area contributed by atoms with E-state index >= 15 is 0 Å². The van der Waals surface area contributed by atoms with E-state index in [-0.39, 0.29) is 0 Å². The van der Waals surface area contributed by atoms with Crippen LogP contribution in [0, 0.1) is 5.92 Å². The predicted molar refractivity (Wildman–Crippen MR) is 50.5 cm³/mol. The Bertz CT molecular complexity index is 172. The SMILES string of the molecule is C=C1CCCC/C1=C/C(C)C. The molecule has 1 fully saturated rings. The highest BCUT2D eigenvalue weighted by Crippen LogP contribution is 2.27. The Balaban J connectivity index is 2.61. The molecule has 0 aromatic heterocycles. The summed E-state index contributed by atoms with van der Waals surface area (Å²) >= 11 is 0. The van der Waals surface area contributed by atoms with Gasteiger partial charge in [-0.2, -0.15) is 0 Å². The highest BCUT2D eigenvalue weighted by molar-refractivity contribution is 5.30. The Morgan fingerprint density at radius 2 is 1.91 bits per heavy atom. The Morgan fingerprint density at radius 1 is 1.27 bits per heavy atom. The summed E-state index contributed by atoms with van der Waals surface area (Å²) in [6.07, 6.45) is 7.54. The minimum atomic E-state index is 0.680. The van der Waals surface area contributed by atoms with E-state index in [1.165, 1.54) is 36.8 Å². The van der Waals surface area contributed by atoms with E-state index in [9.17, 15) is 0 Å². The van der Waals surface area contributed by atoms with Crippen LogP contribution in [0.2, 0.25) is 0 Å². The lowest BCUT2D eigenvalue weighted by Gasteiger charge is -2.17. The van der Waals surface area contributed by atoms with Gasteiger partial charge in [0, 0.05) is 0 Å². The van der Waals surface area contributed by atoms with Gasteiger partial charge in [-0.3, -0.25) is 0 Å². The van der Waals surface area contributed by atoms with Crippen LogP contribution in [0.25, 0.3) is 0 Å². The molecule has 0 aromatic carbocycles. The molecule has 1 rings (SSSR count). The summed E-state index contributed by atoms with van der Waals surface area (Å²) in [7, 11) is 0. The first-order valence-electron chi connectivity index (χ1n) is 4.59. The zero-order chi connectivity index (χ0) is 8.27. The standard InChI is InChI=1S/C11H18/c1-9(2)8-11-7-5-4-6-10(11)3/h8-9H,3-7H2,1-2H3/b11-8-. The molecule has 11 heavy (non-hydrogen) atoms. The topological polar surface area (TPSA) is 0 Å². The van der Waals surface area contributed by atoms with Crippen molar-refractivity contribution in [2.75, 3.05) is 0 Å². The van der Waals surface area contributed by atoms with Crippen LogP contribution in [0.15, 0.2) is 23.8 Å². The summed E-state index contributed by atoms with van der Waals surface area (Å²) in [6, 6.07) is 0. The monoisotopic (exact) mass is 150 g/mol. The molecule has 0 saturated heterocycles. The quantitative estimate of drug-likeness (QED) is 0.534. The number of allylic oxidation sites excluding steroid dienone is 3. The van der Waals surface area contributed by atoms with E-state index < -0.39 is 0 Å². The van der Waals surface area contributed by atoms with Crippen LogP contribution in [-0.2, 0) is 0 Å². The van der Waals surface area contributed by atoms with Crippen molar-refractivity contribution in [3.05, 3.63) is 23.8 Å². The lowest BCUT2D eigenvalue weighted by molar-refractivity contribution is 0.669. The molecule has 0 aromatic rings. The molecule has 1 aliphatic rings. The van der Waals surface area contributed by atoms with Gasteiger partial charge in [-0.25, -0.2) is 0 Å². The minimum absolute atomic E-state index is 0.680. The molecule has 0 amide bonds. The van der Waals surface area contributed by atoms with Crippen molar-refractivity contribution >= 4 is 0 Å². The molecule has 0 N–H and O–H groups in total. The maximum Gasteiger partial charge on any atom is -0.0279 e. The average Bonchev–Trinajstić information content (AvgIpc) is 1.93. The van der Waals surface area contributed by atoms with Crippen LogP contribution >= 0.6 is 0 Å². The number of rotatable bonds is 1. The fraction of sp³-hybridized carbons (Fsp3) is 0.636. The molecule has 0 aliphatic heterocycles. The second kappa shape index (κ2) is 3.75. The van der Waals surface area contributed by atoms with Crippen molar-refractivity contribution in [1.82, 2.24) is 0 Å². The van der Waals surface area contributed by atoms with Gasteiger partial charge in [0.25, 0.3) is 0 Å². The minimum Gasteiger partial charge on any atom is -0.0956 e. The molecule has 0 radical (unpaired) electrons. The highest BCUT2D eigenvalue weighted by Gasteiger charge is 2.08. The molecule has 0 spiro atoms. The van der Waals surface area contributed by atoms with Gasteiger partial charge in [-0.15, -0.1) is 0 Å². The molecule has 0 unspecified atom stereocenters. The maximum absolute atomic E-state index is 4.08. The second-order valence-electron chi connectivity index (χ2n) is 3.75. The van der Waals surface area contributed by atoms with Crippen molar-refractivity contribution in [2.45, 2.75) is 39.5 Å². The summed E-state index contributed by atoms with van der Waals surface area (Å²) in [5.41, 5.74) is 2.90. The largest absolute Gasteiger partial charge is 0.0956 e. The fourth-order valence-electron chi connectivity index (χ4n) is 1.59. The van der Waals surface area contributed by atoms with E-state index in [0.29, 0.717) is 5.92 Å². The van der Waals surface area contributed by atoms with E-state index in [1.54, 1.807) is 0 Å². The summed E-state index contributed by atoms with van der Waals surface area (Å²) in [5.74, 6) is 0.680. The van der Waals surface area contributed by atoms with Crippen LogP contribution in [0.1, 0.15) is 39.5 Å².